The average Bonchev–Trinajstić information content (AvgIpc) is 3.20. The molecule has 0 saturated carbocycles. The number of halogens is 1. The fraction of sp³-hybridized carbons (Fsp3) is 0.200. The molecule has 0 amide bonds. The van der Waals surface area contributed by atoms with Crippen LogP contribution < -0.4 is 0 Å². The fourth-order valence-electron chi connectivity index (χ4n) is 2.30. The molecule has 0 unspecified atom stereocenters. The van der Waals surface area contributed by atoms with Gasteiger partial charge >= 0.3 is 11.9 Å². The minimum Gasteiger partial charge on any atom is -0.462 e. The predicted octanol–water partition coefficient (Wildman–Crippen LogP) is 3.72. The number of benzene rings is 2. The number of aromatic nitrogens is 2. The highest BCUT2D eigenvalue weighted by molar-refractivity contribution is 6.30. The Morgan fingerprint density at radius 1 is 0.964 bits per heavy atom. The molecule has 1 aromatic heterocycles. The lowest BCUT2D eigenvalue weighted by molar-refractivity contribution is -0.144. The van der Waals surface area contributed by atoms with Gasteiger partial charge in [0, 0.05) is 17.0 Å². The maximum absolute atomic E-state index is 11.8. The lowest BCUT2D eigenvalue weighted by Gasteiger charge is -2.06. The van der Waals surface area contributed by atoms with E-state index >= 15 is 0 Å². The number of carbonyl (C=O) groups is 2. The third-order valence-electron chi connectivity index (χ3n) is 3.70. The molecule has 144 valence electrons. The summed E-state index contributed by atoms with van der Waals surface area (Å²) in [6.07, 6.45) is 0.331. The van der Waals surface area contributed by atoms with Gasteiger partial charge in [-0.2, -0.15) is 4.98 Å². The number of carbonyl (C=O) groups excluding carboxylic acids is 2. The van der Waals surface area contributed by atoms with E-state index in [-0.39, 0.29) is 26.1 Å². The maximum atomic E-state index is 11.8. The Morgan fingerprint density at radius 2 is 1.68 bits per heavy atom. The molecule has 1 heterocycles. The Morgan fingerprint density at radius 3 is 2.43 bits per heavy atom. The molecule has 3 aromatic rings. The first-order valence-corrected chi connectivity index (χ1v) is 8.96. The Kier molecular flexibility index (Phi) is 6.75. The molecule has 0 spiro atoms. The van der Waals surface area contributed by atoms with Crippen molar-refractivity contribution in [2.75, 3.05) is 13.2 Å². The standard InChI is InChI=1S/C20H17ClN2O5/c21-16-8-6-14(7-9-16)19-22-17(28-23-19)10-11-18(24)26-12-13-27-20(25)15-4-2-1-3-5-15/h1-9H,10-13H2. The van der Waals surface area contributed by atoms with Crippen LogP contribution in [0.25, 0.3) is 11.4 Å². The Balaban J connectivity index is 1.37. The zero-order valence-electron chi connectivity index (χ0n) is 14.8. The van der Waals surface area contributed by atoms with Crippen LogP contribution in [0.5, 0.6) is 0 Å². The van der Waals surface area contributed by atoms with Gasteiger partial charge in [-0.25, -0.2) is 4.79 Å². The van der Waals surface area contributed by atoms with Crippen molar-refractivity contribution in [1.29, 1.82) is 0 Å². The largest absolute Gasteiger partial charge is 0.462 e. The van der Waals surface area contributed by atoms with E-state index in [9.17, 15) is 9.59 Å². The van der Waals surface area contributed by atoms with E-state index < -0.39 is 11.9 Å². The van der Waals surface area contributed by atoms with E-state index in [2.05, 4.69) is 10.1 Å². The van der Waals surface area contributed by atoms with Gasteiger partial charge in [-0.3, -0.25) is 4.79 Å². The molecular formula is C20H17ClN2O5. The average molecular weight is 401 g/mol. The maximum Gasteiger partial charge on any atom is 0.338 e. The summed E-state index contributed by atoms with van der Waals surface area (Å²) in [7, 11) is 0. The molecule has 0 aliphatic carbocycles. The van der Waals surface area contributed by atoms with Gasteiger partial charge in [-0.15, -0.1) is 0 Å². The second-order valence-electron chi connectivity index (χ2n) is 5.74. The second-order valence-corrected chi connectivity index (χ2v) is 6.18. The van der Waals surface area contributed by atoms with Crippen LogP contribution in [0.3, 0.4) is 0 Å². The molecular weight excluding hydrogens is 384 g/mol. The van der Waals surface area contributed by atoms with Gasteiger partial charge in [0.15, 0.2) is 0 Å². The van der Waals surface area contributed by atoms with Crippen LogP contribution in [0.2, 0.25) is 5.02 Å². The molecule has 2 aromatic carbocycles. The first kappa shape index (κ1) is 19.6. The summed E-state index contributed by atoms with van der Waals surface area (Å²) < 4.78 is 15.2. The smallest absolute Gasteiger partial charge is 0.338 e. The number of rotatable bonds is 8. The molecule has 8 heteroatoms. The third kappa shape index (κ3) is 5.65. The van der Waals surface area contributed by atoms with Crippen molar-refractivity contribution in [3.63, 3.8) is 0 Å². The van der Waals surface area contributed by atoms with Crippen molar-refractivity contribution >= 4 is 23.5 Å². The van der Waals surface area contributed by atoms with E-state index in [4.69, 9.17) is 25.6 Å². The quantitative estimate of drug-likeness (QED) is 0.420. The molecule has 0 bridgehead atoms. The molecule has 28 heavy (non-hydrogen) atoms. The minimum atomic E-state index is -0.461. The molecule has 0 fully saturated rings. The lowest BCUT2D eigenvalue weighted by Crippen LogP contribution is -2.14. The Hall–Kier alpha value is -3.19. The number of esters is 2. The van der Waals surface area contributed by atoms with Crippen molar-refractivity contribution in [2.45, 2.75) is 12.8 Å². The van der Waals surface area contributed by atoms with Crippen molar-refractivity contribution in [2.24, 2.45) is 0 Å². The molecule has 7 nitrogen and oxygen atoms in total. The van der Waals surface area contributed by atoms with Crippen LogP contribution in [0.1, 0.15) is 22.7 Å². The van der Waals surface area contributed by atoms with Crippen LogP contribution in [0.15, 0.2) is 59.1 Å². The van der Waals surface area contributed by atoms with Gasteiger partial charge in [-0.1, -0.05) is 35.0 Å². The van der Waals surface area contributed by atoms with Gasteiger partial charge in [0.25, 0.3) is 0 Å². The van der Waals surface area contributed by atoms with E-state index in [0.29, 0.717) is 22.3 Å². The Bertz CT molecular complexity index is 925. The number of ether oxygens (including phenoxy) is 2. The van der Waals surface area contributed by atoms with Crippen molar-refractivity contribution in [1.82, 2.24) is 10.1 Å². The summed E-state index contributed by atoms with van der Waals surface area (Å²) in [5.41, 5.74) is 1.21. The van der Waals surface area contributed by atoms with Gasteiger partial charge in [0.2, 0.25) is 11.7 Å². The monoisotopic (exact) mass is 400 g/mol. The SMILES string of the molecule is O=C(CCc1nc(-c2ccc(Cl)cc2)no1)OCCOC(=O)c1ccccc1. The topological polar surface area (TPSA) is 91.5 Å². The molecule has 0 aliphatic rings. The van der Waals surface area contributed by atoms with Crippen LogP contribution in [-0.2, 0) is 20.7 Å². The third-order valence-corrected chi connectivity index (χ3v) is 3.95. The molecule has 0 N–H and O–H groups in total. The van der Waals surface area contributed by atoms with Gasteiger partial charge in [0.1, 0.15) is 13.2 Å². The number of hydrogen-bond acceptors (Lipinski definition) is 7. The molecule has 0 saturated heterocycles. The molecule has 0 aliphatic heterocycles. The lowest BCUT2D eigenvalue weighted by atomic mass is 10.2. The van der Waals surface area contributed by atoms with Crippen LogP contribution in [0, 0.1) is 0 Å². The fourth-order valence-corrected chi connectivity index (χ4v) is 2.43. The van der Waals surface area contributed by atoms with Crippen LogP contribution >= 0.6 is 11.6 Å². The minimum absolute atomic E-state index is 0.0132. The first-order valence-electron chi connectivity index (χ1n) is 8.58. The van der Waals surface area contributed by atoms with E-state index in [1.165, 1.54) is 0 Å². The first-order chi connectivity index (χ1) is 13.6. The summed E-state index contributed by atoms with van der Waals surface area (Å²) in [5.74, 6) is -0.149. The zero-order valence-corrected chi connectivity index (χ0v) is 15.6. The summed E-state index contributed by atoms with van der Waals surface area (Å²) >= 11 is 5.85. The van der Waals surface area contributed by atoms with E-state index in [0.717, 1.165) is 5.56 Å². The van der Waals surface area contributed by atoms with E-state index in [1.807, 2.05) is 0 Å². The van der Waals surface area contributed by atoms with Crippen molar-refractivity contribution in [3.05, 3.63) is 71.1 Å². The van der Waals surface area contributed by atoms with Gasteiger partial charge < -0.3 is 14.0 Å². The normalized spacial score (nSPS) is 10.5. The van der Waals surface area contributed by atoms with Crippen LogP contribution in [0.4, 0.5) is 0 Å². The summed E-state index contributed by atoms with van der Waals surface area (Å²) in [4.78, 5) is 27.8. The van der Waals surface area contributed by atoms with Crippen molar-refractivity contribution in [3.8, 4) is 11.4 Å². The molecule has 0 radical (unpaired) electrons. The van der Waals surface area contributed by atoms with Crippen LogP contribution in [-0.4, -0.2) is 35.3 Å². The summed E-state index contributed by atoms with van der Waals surface area (Å²) in [6, 6.07) is 15.6. The predicted molar refractivity (Wildman–Crippen MR) is 101 cm³/mol. The molecule has 3 rings (SSSR count). The number of nitrogens with zero attached hydrogens (tertiary/aromatic N) is 2. The summed E-state index contributed by atoms with van der Waals surface area (Å²) in [6.45, 7) is -0.0298. The number of aryl methyl sites for hydroxylation is 1. The highest BCUT2D eigenvalue weighted by Crippen LogP contribution is 2.19. The summed E-state index contributed by atoms with van der Waals surface area (Å²) in [5, 5.41) is 4.49. The number of hydrogen-bond donors (Lipinski definition) is 0. The second kappa shape index (κ2) is 9.66. The van der Waals surface area contributed by atoms with Gasteiger partial charge in [0.05, 0.1) is 12.0 Å². The highest BCUT2D eigenvalue weighted by Gasteiger charge is 2.12. The zero-order chi connectivity index (χ0) is 19.8. The van der Waals surface area contributed by atoms with Crippen molar-refractivity contribution < 1.29 is 23.6 Å². The van der Waals surface area contributed by atoms with E-state index in [1.54, 1.807) is 54.6 Å². The Labute approximate surface area is 166 Å². The molecule has 0 atom stereocenters. The van der Waals surface area contributed by atoms with Gasteiger partial charge in [-0.05, 0) is 36.4 Å². The highest BCUT2D eigenvalue weighted by atomic mass is 35.5.